The second-order valence-corrected chi connectivity index (χ2v) is 5.48. The molecule has 0 bridgehead atoms. The fourth-order valence-electron chi connectivity index (χ4n) is 1.74. The molecule has 1 fully saturated rings. The molecule has 7 heteroatoms. The van der Waals surface area contributed by atoms with Crippen LogP contribution in [0.5, 0.6) is 0 Å². The number of nitro groups is 1. The van der Waals surface area contributed by atoms with Gasteiger partial charge in [-0.05, 0) is 18.3 Å². The van der Waals surface area contributed by atoms with Crippen LogP contribution >= 0.6 is 11.6 Å². The molecule has 0 atom stereocenters. The Morgan fingerprint density at radius 1 is 1.58 bits per heavy atom. The third-order valence-electron chi connectivity index (χ3n) is 3.31. The van der Waals surface area contributed by atoms with Gasteiger partial charge in [-0.2, -0.15) is 0 Å². The van der Waals surface area contributed by atoms with E-state index in [4.69, 9.17) is 16.7 Å². The van der Waals surface area contributed by atoms with Crippen LogP contribution in [0.3, 0.4) is 0 Å². The van der Waals surface area contributed by atoms with Gasteiger partial charge in [0.25, 0.3) is 5.69 Å². The van der Waals surface area contributed by atoms with E-state index in [0.717, 1.165) is 25.0 Å². The van der Waals surface area contributed by atoms with Gasteiger partial charge < -0.3 is 10.4 Å². The number of aromatic carboxylic acids is 1. The quantitative estimate of drug-likeness (QED) is 0.640. The van der Waals surface area contributed by atoms with Gasteiger partial charge in [-0.25, -0.2) is 4.79 Å². The van der Waals surface area contributed by atoms with Crippen LogP contribution in [-0.2, 0) is 0 Å². The first-order valence-corrected chi connectivity index (χ1v) is 6.15. The molecule has 0 aliphatic heterocycles. The van der Waals surface area contributed by atoms with Crippen LogP contribution in [0.1, 0.15) is 30.1 Å². The number of hydrogen-bond acceptors (Lipinski definition) is 4. The minimum absolute atomic E-state index is 0.0517. The van der Waals surface area contributed by atoms with Crippen LogP contribution in [0, 0.1) is 15.5 Å². The van der Waals surface area contributed by atoms with Crippen LogP contribution < -0.4 is 5.32 Å². The molecule has 1 aromatic rings. The number of hydrogen-bond donors (Lipinski definition) is 2. The summed E-state index contributed by atoms with van der Waals surface area (Å²) in [5.74, 6) is -1.24. The maximum Gasteiger partial charge on any atom is 0.338 e. The standard InChI is InChI=1S/C12H13ClN2O4/c1-12(2-3-12)6-14-10-8(11(16)17)4-7(15(18)19)5-9(10)13/h4-5,14H,2-3,6H2,1H3,(H,16,17). The number of nitrogens with zero attached hydrogens (tertiary/aromatic N) is 1. The zero-order valence-electron chi connectivity index (χ0n) is 10.3. The van der Waals surface area contributed by atoms with Gasteiger partial charge in [-0.15, -0.1) is 0 Å². The van der Waals surface area contributed by atoms with Crippen LogP contribution in [-0.4, -0.2) is 22.5 Å². The summed E-state index contributed by atoms with van der Waals surface area (Å²) in [6.07, 6.45) is 2.15. The Morgan fingerprint density at radius 2 is 2.21 bits per heavy atom. The van der Waals surface area contributed by atoms with Crippen LogP contribution in [0.2, 0.25) is 5.02 Å². The minimum Gasteiger partial charge on any atom is -0.478 e. The van der Waals surface area contributed by atoms with E-state index in [2.05, 4.69) is 12.2 Å². The van der Waals surface area contributed by atoms with Crippen molar-refractivity contribution in [1.82, 2.24) is 0 Å². The summed E-state index contributed by atoms with van der Waals surface area (Å²) in [6.45, 7) is 2.69. The fourth-order valence-corrected chi connectivity index (χ4v) is 2.02. The summed E-state index contributed by atoms with van der Waals surface area (Å²) < 4.78 is 0. The molecule has 6 nitrogen and oxygen atoms in total. The number of anilines is 1. The maximum atomic E-state index is 11.2. The summed E-state index contributed by atoms with van der Waals surface area (Å²) in [7, 11) is 0. The number of carbonyl (C=O) groups is 1. The Morgan fingerprint density at radius 3 is 2.68 bits per heavy atom. The molecular weight excluding hydrogens is 272 g/mol. The van der Waals surface area contributed by atoms with Gasteiger partial charge >= 0.3 is 5.97 Å². The Labute approximate surface area is 114 Å². The normalized spacial score (nSPS) is 15.9. The van der Waals surface area contributed by atoms with Gasteiger partial charge in [0.05, 0.1) is 21.2 Å². The molecule has 102 valence electrons. The molecule has 1 aliphatic rings. The number of non-ortho nitro benzene ring substituents is 1. The average Bonchev–Trinajstić information content (AvgIpc) is 3.05. The smallest absolute Gasteiger partial charge is 0.338 e. The van der Waals surface area contributed by atoms with Gasteiger partial charge in [-0.3, -0.25) is 10.1 Å². The molecule has 1 saturated carbocycles. The summed E-state index contributed by atoms with van der Waals surface area (Å²) in [4.78, 5) is 21.2. The molecular formula is C12H13ClN2O4. The lowest BCUT2D eigenvalue weighted by Crippen LogP contribution is -2.15. The number of benzene rings is 1. The summed E-state index contributed by atoms with van der Waals surface area (Å²) in [6, 6.07) is 2.18. The zero-order valence-corrected chi connectivity index (χ0v) is 11.0. The van der Waals surface area contributed by atoms with Gasteiger partial charge in [0.1, 0.15) is 0 Å². The lowest BCUT2D eigenvalue weighted by molar-refractivity contribution is -0.384. The van der Waals surface area contributed by atoms with E-state index in [-0.39, 0.29) is 27.4 Å². The molecule has 0 aromatic heterocycles. The highest BCUT2D eigenvalue weighted by Crippen LogP contribution is 2.45. The van der Waals surface area contributed by atoms with E-state index in [1.165, 1.54) is 0 Å². The van der Waals surface area contributed by atoms with Crippen molar-refractivity contribution in [2.24, 2.45) is 5.41 Å². The predicted molar refractivity (Wildman–Crippen MR) is 70.9 cm³/mol. The van der Waals surface area contributed by atoms with Crippen molar-refractivity contribution in [2.75, 3.05) is 11.9 Å². The lowest BCUT2D eigenvalue weighted by atomic mass is 10.1. The molecule has 2 N–H and O–H groups in total. The monoisotopic (exact) mass is 284 g/mol. The minimum atomic E-state index is -1.24. The number of carboxylic acid groups (broad SMARTS) is 1. The third-order valence-corrected chi connectivity index (χ3v) is 3.61. The molecule has 0 radical (unpaired) electrons. The van der Waals surface area contributed by atoms with Crippen molar-refractivity contribution in [3.63, 3.8) is 0 Å². The average molecular weight is 285 g/mol. The first-order valence-electron chi connectivity index (χ1n) is 5.77. The van der Waals surface area contributed by atoms with E-state index in [1.54, 1.807) is 0 Å². The van der Waals surface area contributed by atoms with Crippen LogP contribution in [0.4, 0.5) is 11.4 Å². The SMILES string of the molecule is CC1(CNc2c(Cl)cc([N+](=O)[O-])cc2C(=O)O)CC1. The maximum absolute atomic E-state index is 11.2. The van der Waals surface area contributed by atoms with E-state index in [9.17, 15) is 14.9 Å². The summed E-state index contributed by atoms with van der Waals surface area (Å²) >= 11 is 5.94. The number of nitro benzene ring substituents is 1. The van der Waals surface area contributed by atoms with Gasteiger partial charge in [-0.1, -0.05) is 18.5 Å². The second-order valence-electron chi connectivity index (χ2n) is 5.08. The number of carboxylic acids is 1. The Hall–Kier alpha value is -1.82. The molecule has 0 unspecified atom stereocenters. The van der Waals surface area contributed by atoms with E-state index >= 15 is 0 Å². The third kappa shape index (κ3) is 2.96. The highest BCUT2D eigenvalue weighted by molar-refractivity contribution is 6.34. The molecule has 0 saturated heterocycles. The highest BCUT2D eigenvalue weighted by Gasteiger charge is 2.37. The molecule has 1 aromatic carbocycles. The van der Waals surface area contributed by atoms with Crippen molar-refractivity contribution < 1.29 is 14.8 Å². The van der Waals surface area contributed by atoms with Crippen LogP contribution in [0.15, 0.2) is 12.1 Å². The van der Waals surface area contributed by atoms with E-state index in [1.807, 2.05) is 0 Å². The van der Waals surface area contributed by atoms with E-state index in [0.29, 0.717) is 6.54 Å². The molecule has 0 heterocycles. The molecule has 19 heavy (non-hydrogen) atoms. The van der Waals surface area contributed by atoms with Gasteiger partial charge in [0.15, 0.2) is 0 Å². The second kappa shape index (κ2) is 4.70. The number of rotatable bonds is 5. The highest BCUT2D eigenvalue weighted by atomic mass is 35.5. The van der Waals surface area contributed by atoms with Crippen molar-refractivity contribution in [3.05, 3.63) is 32.8 Å². The van der Waals surface area contributed by atoms with Crippen molar-refractivity contribution in [3.8, 4) is 0 Å². The largest absolute Gasteiger partial charge is 0.478 e. The Bertz CT molecular complexity index is 555. The Kier molecular flexibility index (Phi) is 3.36. The lowest BCUT2D eigenvalue weighted by Gasteiger charge is -2.14. The molecule has 0 spiro atoms. The predicted octanol–water partition coefficient (Wildman–Crippen LogP) is 3.16. The van der Waals surface area contributed by atoms with Gasteiger partial charge in [0, 0.05) is 18.7 Å². The topological polar surface area (TPSA) is 92.5 Å². The van der Waals surface area contributed by atoms with Crippen molar-refractivity contribution in [2.45, 2.75) is 19.8 Å². The van der Waals surface area contributed by atoms with E-state index < -0.39 is 10.9 Å². The first-order chi connectivity index (χ1) is 8.82. The van der Waals surface area contributed by atoms with Gasteiger partial charge in [0.2, 0.25) is 0 Å². The Balaban J connectivity index is 2.34. The molecule has 1 aliphatic carbocycles. The summed E-state index contributed by atoms with van der Waals surface area (Å²) in [5.41, 5.74) is -0.0946. The van der Waals surface area contributed by atoms with Crippen LogP contribution in [0.25, 0.3) is 0 Å². The molecule has 2 rings (SSSR count). The first kappa shape index (κ1) is 13.6. The number of nitrogens with one attached hydrogen (secondary N) is 1. The summed E-state index contributed by atoms with van der Waals surface area (Å²) in [5, 5.41) is 22.9. The molecule has 0 amide bonds. The number of halogens is 1. The van der Waals surface area contributed by atoms with Crippen molar-refractivity contribution >= 4 is 28.9 Å². The van der Waals surface area contributed by atoms with Crippen molar-refractivity contribution in [1.29, 1.82) is 0 Å². The fraction of sp³-hybridized carbons (Fsp3) is 0.417. The zero-order chi connectivity index (χ0) is 14.2.